The highest BCUT2D eigenvalue weighted by Crippen LogP contribution is 2.34. The van der Waals surface area contributed by atoms with E-state index in [0.717, 1.165) is 35.0 Å². The van der Waals surface area contributed by atoms with E-state index >= 15 is 0 Å². The van der Waals surface area contributed by atoms with Crippen LogP contribution in [-0.2, 0) is 14.3 Å². The monoisotopic (exact) mass is 546 g/mol. The lowest BCUT2D eigenvalue weighted by molar-refractivity contribution is -0.123. The molecule has 0 aliphatic carbocycles. The number of aryl methyl sites for hydroxylation is 1. The zero-order chi connectivity index (χ0) is 23.4. The van der Waals surface area contributed by atoms with E-state index in [1.54, 1.807) is 23.1 Å². The number of ether oxygens (including phenoxy) is 2. The minimum absolute atomic E-state index is 0.0519. The first-order chi connectivity index (χ1) is 15.9. The maximum Gasteiger partial charge on any atom is 0.266 e. The van der Waals surface area contributed by atoms with Crippen LogP contribution in [0.15, 0.2) is 51.8 Å². The van der Waals surface area contributed by atoms with Crippen LogP contribution in [0.1, 0.15) is 24.0 Å². The molecule has 0 bridgehead atoms. The van der Waals surface area contributed by atoms with E-state index in [2.05, 4.69) is 21.2 Å². The quantitative estimate of drug-likeness (QED) is 0.382. The molecule has 172 valence electrons. The molecule has 2 aliphatic rings. The fourth-order valence-electron chi connectivity index (χ4n) is 3.56. The Kier molecular flexibility index (Phi) is 7.85. The summed E-state index contributed by atoms with van der Waals surface area (Å²) in [6, 6.07) is 12.9. The summed E-state index contributed by atoms with van der Waals surface area (Å²) in [6.45, 7) is 3.07. The second kappa shape index (κ2) is 10.8. The second-order valence-electron chi connectivity index (χ2n) is 7.80. The number of hydrogen-bond donors (Lipinski definition) is 1. The molecule has 4 rings (SSSR count). The van der Waals surface area contributed by atoms with Gasteiger partial charge in [0, 0.05) is 16.8 Å². The van der Waals surface area contributed by atoms with Crippen molar-refractivity contribution >= 4 is 67.8 Å². The summed E-state index contributed by atoms with van der Waals surface area (Å²) < 4.78 is 12.8. The minimum Gasteiger partial charge on any atom is -0.484 e. The number of carbonyl (C=O) groups excluding carboxylic acids is 2. The van der Waals surface area contributed by atoms with Gasteiger partial charge in [-0.05, 0) is 67.3 Å². The summed E-state index contributed by atoms with van der Waals surface area (Å²) in [5.74, 6) is 0.189. The molecule has 2 aromatic carbocycles. The van der Waals surface area contributed by atoms with Crippen LogP contribution in [0.2, 0.25) is 0 Å². The number of anilines is 1. The highest BCUT2D eigenvalue weighted by atomic mass is 79.9. The van der Waals surface area contributed by atoms with Gasteiger partial charge in [0.25, 0.3) is 11.8 Å². The molecule has 33 heavy (non-hydrogen) atoms. The lowest BCUT2D eigenvalue weighted by atomic mass is 10.2. The van der Waals surface area contributed by atoms with Crippen molar-refractivity contribution in [1.29, 1.82) is 0 Å². The zero-order valence-electron chi connectivity index (χ0n) is 18.0. The molecule has 2 fully saturated rings. The smallest absolute Gasteiger partial charge is 0.266 e. The Hall–Kier alpha value is -2.20. The first-order valence-corrected chi connectivity index (χ1v) is 12.6. The van der Waals surface area contributed by atoms with Crippen LogP contribution >= 0.6 is 39.9 Å². The van der Waals surface area contributed by atoms with Gasteiger partial charge in [-0.25, -0.2) is 0 Å². The van der Waals surface area contributed by atoms with Gasteiger partial charge in [-0.2, -0.15) is 0 Å². The number of nitrogens with one attached hydrogen (secondary N) is 1. The van der Waals surface area contributed by atoms with Gasteiger partial charge in [0.15, 0.2) is 6.61 Å². The number of thioether (sulfide) groups is 1. The van der Waals surface area contributed by atoms with Crippen molar-refractivity contribution in [1.82, 2.24) is 4.90 Å². The van der Waals surface area contributed by atoms with Gasteiger partial charge in [0.05, 0.1) is 17.6 Å². The topological polar surface area (TPSA) is 67.9 Å². The number of rotatable bonds is 7. The standard InChI is InChI=1S/C24H23BrN2O4S2/c1-15-10-17(7-8-20(15)25)26-22(28)14-31-18-5-2-4-16(11-18)12-21-23(29)27(24(32)33-21)13-19-6-3-9-30-19/h2,4-5,7-8,10-12,19H,3,6,9,13-14H2,1H3,(H,26,28)/b21-12-/t19-/m0/s1. The number of amides is 2. The number of hydrogen-bond acceptors (Lipinski definition) is 6. The van der Waals surface area contributed by atoms with Crippen LogP contribution in [0.4, 0.5) is 5.69 Å². The number of carbonyl (C=O) groups is 2. The third-order valence-corrected chi connectivity index (χ3v) is 7.52. The van der Waals surface area contributed by atoms with Gasteiger partial charge in [-0.3, -0.25) is 14.5 Å². The van der Waals surface area contributed by atoms with E-state index in [-0.39, 0.29) is 24.5 Å². The Morgan fingerprint density at radius 3 is 2.97 bits per heavy atom. The van der Waals surface area contributed by atoms with E-state index in [1.165, 1.54) is 11.8 Å². The lowest BCUT2D eigenvalue weighted by Crippen LogP contribution is -2.35. The van der Waals surface area contributed by atoms with Crippen LogP contribution in [0.5, 0.6) is 5.75 Å². The average Bonchev–Trinajstić information content (AvgIpc) is 3.39. The van der Waals surface area contributed by atoms with Gasteiger partial charge in [0.1, 0.15) is 10.1 Å². The van der Waals surface area contributed by atoms with Crippen molar-refractivity contribution in [3.05, 3.63) is 63.0 Å². The molecule has 0 unspecified atom stereocenters. The Balaban J connectivity index is 1.35. The van der Waals surface area contributed by atoms with Crippen LogP contribution in [0.3, 0.4) is 0 Å². The van der Waals surface area contributed by atoms with Crippen molar-refractivity contribution in [2.24, 2.45) is 0 Å². The summed E-state index contributed by atoms with van der Waals surface area (Å²) in [6.07, 6.45) is 3.82. The predicted octanol–water partition coefficient (Wildman–Crippen LogP) is 5.16. The van der Waals surface area contributed by atoms with Crippen molar-refractivity contribution in [2.75, 3.05) is 25.1 Å². The fourth-order valence-corrected chi connectivity index (χ4v) is 5.08. The summed E-state index contributed by atoms with van der Waals surface area (Å²) in [7, 11) is 0. The molecule has 0 radical (unpaired) electrons. The predicted molar refractivity (Wildman–Crippen MR) is 138 cm³/mol. The SMILES string of the molecule is Cc1cc(NC(=O)COc2cccc(/C=C3\SC(=S)N(C[C@@H]4CCCO4)C3=O)c2)ccc1Br. The van der Waals surface area contributed by atoms with Gasteiger partial charge < -0.3 is 14.8 Å². The minimum atomic E-state index is -0.253. The molecular formula is C24H23BrN2O4S2. The number of nitrogens with zero attached hydrogens (tertiary/aromatic N) is 1. The maximum absolute atomic E-state index is 12.8. The summed E-state index contributed by atoms with van der Waals surface area (Å²) >= 11 is 10.1. The van der Waals surface area contributed by atoms with Gasteiger partial charge in [0.2, 0.25) is 0 Å². The van der Waals surface area contributed by atoms with Crippen molar-refractivity contribution < 1.29 is 19.1 Å². The van der Waals surface area contributed by atoms with Gasteiger partial charge >= 0.3 is 0 Å². The highest BCUT2D eigenvalue weighted by Gasteiger charge is 2.34. The van der Waals surface area contributed by atoms with Crippen molar-refractivity contribution in [3.63, 3.8) is 0 Å². The molecule has 2 heterocycles. The molecule has 2 aromatic rings. The summed E-state index contributed by atoms with van der Waals surface area (Å²) in [5, 5.41) is 2.82. The van der Waals surface area contributed by atoms with Crippen molar-refractivity contribution in [2.45, 2.75) is 25.9 Å². The Morgan fingerprint density at radius 2 is 2.21 bits per heavy atom. The van der Waals surface area contributed by atoms with Gasteiger partial charge in [-0.1, -0.05) is 52.0 Å². The van der Waals surface area contributed by atoms with Crippen LogP contribution in [0.25, 0.3) is 6.08 Å². The molecule has 1 N–H and O–H groups in total. The Bertz CT molecular complexity index is 1120. The maximum atomic E-state index is 12.8. The zero-order valence-corrected chi connectivity index (χ0v) is 21.2. The molecule has 2 amide bonds. The molecule has 9 heteroatoms. The first kappa shape index (κ1) is 23.9. The number of benzene rings is 2. The van der Waals surface area contributed by atoms with E-state index in [4.69, 9.17) is 21.7 Å². The highest BCUT2D eigenvalue weighted by molar-refractivity contribution is 9.10. The van der Waals surface area contributed by atoms with Crippen LogP contribution in [-0.4, -0.2) is 46.9 Å². The number of thiocarbonyl (C=S) groups is 1. The Morgan fingerprint density at radius 1 is 1.36 bits per heavy atom. The van der Waals surface area contributed by atoms with E-state index < -0.39 is 0 Å². The third-order valence-electron chi connectivity index (χ3n) is 5.25. The largest absolute Gasteiger partial charge is 0.484 e. The molecule has 6 nitrogen and oxygen atoms in total. The summed E-state index contributed by atoms with van der Waals surface area (Å²) in [5.41, 5.74) is 2.54. The number of halogens is 1. The molecule has 2 aliphatic heterocycles. The van der Waals surface area contributed by atoms with Crippen LogP contribution < -0.4 is 10.1 Å². The normalized spacial score (nSPS) is 19.4. The summed E-state index contributed by atoms with van der Waals surface area (Å²) in [4.78, 5) is 27.3. The Labute approximate surface area is 210 Å². The van der Waals surface area contributed by atoms with Crippen molar-refractivity contribution in [3.8, 4) is 5.75 Å². The molecule has 2 saturated heterocycles. The van der Waals surface area contributed by atoms with Gasteiger partial charge in [-0.15, -0.1) is 0 Å². The van der Waals surface area contributed by atoms with E-state index in [1.807, 2.05) is 37.3 Å². The lowest BCUT2D eigenvalue weighted by Gasteiger charge is -2.18. The molecule has 1 atom stereocenters. The van der Waals surface area contributed by atoms with Crippen LogP contribution in [0, 0.1) is 6.92 Å². The molecule has 0 aromatic heterocycles. The average molecular weight is 547 g/mol. The van der Waals surface area contributed by atoms with E-state index in [9.17, 15) is 9.59 Å². The molecule has 0 spiro atoms. The van der Waals surface area contributed by atoms with E-state index in [0.29, 0.717) is 27.2 Å². The molecular weight excluding hydrogens is 524 g/mol. The first-order valence-electron chi connectivity index (χ1n) is 10.5. The second-order valence-corrected chi connectivity index (χ2v) is 10.3. The molecule has 0 saturated carbocycles. The fraction of sp³-hybridized carbons (Fsp3) is 0.292. The third kappa shape index (κ3) is 6.23.